The summed E-state index contributed by atoms with van der Waals surface area (Å²) in [5.41, 5.74) is 0. The Kier molecular flexibility index (Phi) is 3.03. The maximum absolute atomic E-state index is 9.28. The zero-order valence-electron chi connectivity index (χ0n) is 6.79. The summed E-state index contributed by atoms with van der Waals surface area (Å²) in [6, 6.07) is 0. The van der Waals surface area contributed by atoms with Gasteiger partial charge in [-0.2, -0.15) is 0 Å². The number of aliphatic hydroxyl groups is 4. The monoisotopic (exact) mass is 178 g/mol. The minimum atomic E-state index is -1.33. The van der Waals surface area contributed by atoms with Gasteiger partial charge in [-0.25, -0.2) is 0 Å². The van der Waals surface area contributed by atoms with Gasteiger partial charge in [-0.3, -0.25) is 0 Å². The van der Waals surface area contributed by atoms with Crippen molar-refractivity contribution in [1.82, 2.24) is 0 Å². The lowest BCUT2D eigenvalue weighted by Crippen LogP contribution is -2.56. The molecule has 1 aliphatic carbocycles. The van der Waals surface area contributed by atoms with Crippen molar-refractivity contribution in [3.8, 4) is 0 Å². The van der Waals surface area contributed by atoms with E-state index in [4.69, 9.17) is 14.9 Å². The number of ether oxygens (including phenoxy) is 1. The van der Waals surface area contributed by atoms with Crippen LogP contribution in [0, 0.1) is 0 Å². The molecule has 0 aromatic rings. The second kappa shape index (κ2) is 3.68. The predicted molar refractivity (Wildman–Crippen MR) is 39.4 cm³/mol. The van der Waals surface area contributed by atoms with E-state index in [1.807, 2.05) is 0 Å². The van der Waals surface area contributed by atoms with Crippen LogP contribution in [-0.2, 0) is 4.74 Å². The van der Waals surface area contributed by atoms with Gasteiger partial charge >= 0.3 is 0 Å². The molecule has 5 unspecified atom stereocenters. The highest BCUT2D eigenvalue weighted by molar-refractivity contribution is 4.93. The summed E-state index contributed by atoms with van der Waals surface area (Å²) in [5.74, 6) is 0. The van der Waals surface area contributed by atoms with E-state index in [9.17, 15) is 10.2 Å². The number of aliphatic hydroxyl groups excluding tert-OH is 4. The Balaban J connectivity index is 2.63. The van der Waals surface area contributed by atoms with Gasteiger partial charge in [0.1, 0.15) is 18.3 Å². The van der Waals surface area contributed by atoms with Gasteiger partial charge in [-0.15, -0.1) is 0 Å². The third kappa shape index (κ3) is 1.60. The molecule has 0 heterocycles. The minimum absolute atomic E-state index is 0.135. The van der Waals surface area contributed by atoms with Crippen LogP contribution in [0.15, 0.2) is 0 Å². The van der Waals surface area contributed by atoms with E-state index in [1.54, 1.807) is 0 Å². The molecule has 5 atom stereocenters. The summed E-state index contributed by atoms with van der Waals surface area (Å²) >= 11 is 0. The topological polar surface area (TPSA) is 90.2 Å². The molecule has 0 aromatic carbocycles. The molecule has 0 saturated heterocycles. The van der Waals surface area contributed by atoms with Crippen molar-refractivity contribution in [2.75, 3.05) is 7.11 Å². The average molecular weight is 178 g/mol. The lowest BCUT2D eigenvalue weighted by molar-refractivity contribution is -0.183. The van der Waals surface area contributed by atoms with Crippen molar-refractivity contribution in [3.05, 3.63) is 0 Å². The van der Waals surface area contributed by atoms with Crippen LogP contribution in [0.25, 0.3) is 0 Å². The number of rotatable bonds is 1. The Morgan fingerprint density at radius 3 is 2.08 bits per heavy atom. The maximum Gasteiger partial charge on any atom is 0.111 e. The summed E-state index contributed by atoms with van der Waals surface area (Å²) in [7, 11) is 1.38. The Bertz CT molecular complexity index is 146. The molecular weight excluding hydrogens is 164 g/mol. The Hall–Kier alpha value is -0.200. The molecule has 1 saturated carbocycles. The highest BCUT2D eigenvalue weighted by Gasteiger charge is 2.41. The molecular formula is C7H14O5. The number of methoxy groups -OCH3 is 1. The van der Waals surface area contributed by atoms with Crippen molar-refractivity contribution in [1.29, 1.82) is 0 Å². The normalized spacial score (nSPS) is 49.2. The zero-order valence-corrected chi connectivity index (χ0v) is 6.79. The lowest BCUT2D eigenvalue weighted by Gasteiger charge is -2.37. The Morgan fingerprint density at radius 2 is 1.58 bits per heavy atom. The van der Waals surface area contributed by atoms with Gasteiger partial charge in [0.05, 0.1) is 12.2 Å². The van der Waals surface area contributed by atoms with E-state index in [-0.39, 0.29) is 6.42 Å². The largest absolute Gasteiger partial charge is 0.390 e. The highest BCUT2D eigenvalue weighted by Crippen LogP contribution is 2.22. The SMILES string of the molecule is COC1CC(O)C(O)C(O)C1O. The fourth-order valence-corrected chi connectivity index (χ4v) is 1.40. The van der Waals surface area contributed by atoms with E-state index < -0.39 is 30.5 Å². The third-order valence-corrected chi connectivity index (χ3v) is 2.25. The van der Waals surface area contributed by atoms with Crippen LogP contribution >= 0.6 is 0 Å². The van der Waals surface area contributed by atoms with E-state index >= 15 is 0 Å². The molecule has 0 aromatic heterocycles. The third-order valence-electron chi connectivity index (χ3n) is 2.25. The standard InChI is InChI=1S/C7H14O5/c1-12-4-2-3(8)5(9)7(11)6(4)10/h3-11H,2H2,1H3. The molecule has 0 radical (unpaired) electrons. The predicted octanol–water partition coefficient (Wildman–Crippen LogP) is -2.15. The number of hydrogen-bond donors (Lipinski definition) is 4. The number of hydrogen-bond acceptors (Lipinski definition) is 5. The smallest absolute Gasteiger partial charge is 0.111 e. The van der Waals surface area contributed by atoms with Crippen molar-refractivity contribution >= 4 is 0 Å². The molecule has 0 aliphatic heterocycles. The highest BCUT2D eigenvalue weighted by atomic mass is 16.5. The molecule has 4 N–H and O–H groups in total. The second-order valence-corrected chi connectivity index (χ2v) is 3.05. The van der Waals surface area contributed by atoms with Crippen LogP contribution in [0.4, 0.5) is 0 Å². The minimum Gasteiger partial charge on any atom is -0.390 e. The van der Waals surface area contributed by atoms with Gasteiger partial charge in [0.25, 0.3) is 0 Å². The molecule has 12 heavy (non-hydrogen) atoms. The van der Waals surface area contributed by atoms with Crippen molar-refractivity contribution in [3.63, 3.8) is 0 Å². The molecule has 0 spiro atoms. The van der Waals surface area contributed by atoms with Gasteiger partial charge in [0.15, 0.2) is 0 Å². The van der Waals surface area contributed by atoms with Crippen LogP contribution in [0.1, 0.15) is 6.42 Å². The van der Waals surface area contributed by atoms with Gasteiger partial charge in [-0.1, -0.05) is 0 Å². The summed E-state index contributed by atoms with van der Waals surface area (Å²) in [6.45, 7) is 0. The van der Waals surface area contributed by atoms with Gasteiger partial charge < -0.3 is 25.2 Å². The zero-order chi connectivity index (χ0) is 9.30. The van der Waals surface area contributed by atoms with Crippen LogP contribution in [-0.4, -0.2) is 58.1 Å². The fraction of sp³-hybridized carbons (Fsp3) is 1.00. The van der Waals surface area contributed by atoms with Gasteiger partial charge in [0.2, 0.25) is 0 Å². The Morgan fingerprint density at radius 1 is 1.00 bits per heavy atom. The molecule has 1 aliphatic rings. The molecule has 5 heteroatoms. The molecule has 0 amide bonds. The van der Waals surface area contributed by atoms with Crippen molar-refractivity contribution in [2.45, 2.75) is 36.9 Å². The molecule has 5 nitrogen and oxygen atoms in total. The van der Waals surface area contributed by atoms with E-state index in [1.165, 1.54) is 7.11 Å². The summed E-state index contributed by atoms with van der Waals surface area (Å²) in [6.07, 6.45) is -5.26. The maximum atomic E-state index is 9.28. The quantitative estimate of drug-likeness (QED) is 0.367. The van der Waals surface area contributed by atoms with Crippen molar-refractivity contribution in [2.24, 2.45) is 0 Å². The lowest BCUT2D eigenvalue weighted by atomic mass is 9.87. The van der Waals surface area contributed by atoms with Crippen molar-refractivity contribution < 1.29 is 25.2 Å². The second-order valence-electron chi connectivity index (χ2n) is 3.05. The first-order chi connectivity index (χ1) is 5.57. The van der Waals surface area contributed by atoms with Gasteiger partial charge in [-0.05, 0) is 0 Å². The van der Waals surface area contributed by atoms with E-state index in [2.05, 4.69) is 0 Å². The summed E-state index contributed by atoms with van der Waals surface area (Å²) in [5, 5.41) is 36.7. The van der Waals surface area contributed by atoms with Gasteiger partial charge in [0, 0.05) is 13.5 Å². The van der Waals surface area contributed by atoms with Crippen LogP contribution < -0.4 is 0 Å². The Labute approximate surface area is 70.2 Å². The molecule has 72 valence electrons. The van der Waals surface area contributed by atoms with Crippen LogP contribution in [0.2, 0.25) is 0 Å². The summed E-state index contributed by atoms with van der Waals surface area (Å²) in [4.78, 5) is 0. The fourth-order valence-electron chi connectivity index (χ4n) is 1.40. The first-order valence-corrected chi connectivity index (χ1v) is 3.83. The van der Waals surface area contributed by atoms with E-state index in [0.717, 1.165) is 0 Å². The first-order valence-electron chi connectivity index (χ1n) is 3.83. The molecule has 1 rings (SSSR count). The molecule has 0 bridgehead atoms. The van der Waals surface area contributed by atoms with Crippen LogP contribution in [0.3, 0.4) is 0 Å². The van der Waals surface area contributed by atoms with Crippen LogP contribution in [0.5, 0.6) is 0 Å². The first kappa shape index (κ1) is 9.88. The molecule has 1 fully saturated rings. The average Bonchev–Trinajstić information content (AvgIpc) is 2.08. The summed E-state index contributed by atoms with van der Waals surface area (Å²) < 4.78 is 4.81. The van der Waals surface area contributed by atoms with E-state index in [0.29, 0.717) is 0 Å².